The normalized spacial score (nSPS) is 17.7. The van der Waals surface area contributed by atoms with Gasteiger partial charge in [0.05, 0.1) is 0 Å². The van der Waals surface area contributed by atoms with E-state index < -0.39 is 0 Å². The molecule has 2 rings (SSSR count). The van der Waals surface area contributed by atoms with Gasteiger partial charge in [0.1, 0.15) is 6.10 Å². The van der Waals surface area contributed by atoms with Crippen LogP contribution in [0.4, 0.5) is 0 Å². The molecule has 15 heavy (non-hydrogen) atoms. The predicted octanol–water partition coefficient (Wildman–Crippen LogP) is 3.45. The van der Waals surface area contributed by atoms with E-state index in [4.69, 9.17) is 0 Å². The fraction of sp³-hybridized carbons (Fsp3) is 0.429. The summed E-state index contributed by atoms with van der Waals surface area (Å²) in [5.74, 6) is 0. The molecule has 1 atom stereocenters. The van der Waals surface area contributed by atoms with Crippen molar-refractivity contribution in [3.63, 3.8) is 0 Å². The van der Waals surface area contributed by atoms with Gasteiger partial charge in [-0.05, 0) is 55.4 Å². The highest BCUT2D eigenvalue weighted by molar-refractivity contribution is 5.39. The number of allylic oxidation sites excluding steroid dienone is 1. The summed E-state index contributed by atoms with van der Waals surface area (Å²) >= 11 is 0. The maximum atomic E-state index is 10.3. The molecular formula is C14H18O. The summed E-state index contributed by atoms with van der Waals surface area (Å²) in [6, 6.07) is 6.19. The molecule has 1 aliphatic rings. The van der Waals surface area contributed by atoms with Crippen LogP contribution in [0.25, 0.3) is 0 Å². The summed E-state index contributed by atoms with van der Waals surface area (Å²) in [6.45, 7) is 4.14. The van der Waals surface area contributed by atoms with Crippen molar-refractivity contribution in [2.75, 3.05) is 0 Å². The predicted molar refractivity (Wildman–Crippen MR) is 62.8 cm³/mol. The molecule has 0 saturated heterocycles. The Hall–Kier alpha value is -1.08. The Bertz CT molecular complexity index is 370. The van der Waals surface area contributed by atoms with E-state index in [0.717, 1.165) is 18.4 Å². The first-order valence-corrected chi connectivity index (χ1v) is 5.63. The molecule has 0 amide bonds. The average molecular weight is 202 g/mol. The van der Waals surface area contributed by atoms with Crippen LogP contribution in [-0.4, -0.2) is 5.11 Å². The van der Waals surface area contributed by atoms with Gasteiger partial charge in [0.2, 0.25) is 0 Å². The zero-order valence-electron chi connectivity index (χ0n) is 9.46. The van der Waals surface area contributed by atoms with E-state index >= 15 is 0 Å². The Morgan fingerprint density at radius 2 is 1.87 bits per heavy atom. The SMILES string of the molecule is Cc1cccc(C)c1C(O)C1=CCCC1. The third kappa shape index (κ3) is 1.98. The number of benzene rings is 1. The lowest BCUT2D eigenvalue weighted by atomic mass is 9.93. The topological polar surface area (TPSA) is 20.2 Å². The lowest BCUT2D eigenvalue weighted by Crippen LogP contribution is -2.04. The molecule has 0 bridgehead atoms. The molecule has 0 radical (unpaired) electrons. The maximum Gasteiger partial charge on any atom is 0.101 e. The first kappa shape index (κ1) is 10.4. The number of aliphatic hydroxyl groups is 1. The number of aliphatic hydroxyl groups excluding tert-OH is 1. The first-order valence-electron chi connectivity index (χ1n) is 5.63. The highest BCUT2D eigenvalue weighted by Crippen LogP contribution is 2.33. The van der Waals surface area contributed by atoms with Crippen LogP contribution in [0.1, 0.15) is 42.1 Å². The Morgan fingerprint density at radius 3 is 2.40 bits per heavy atom. The van der Waals surface area contributed by atoms with Gasteiger partial charge in [-0.3, -0.25) is 0 Å². The van der Waals surface area contributed by atoms with E-state index in [1.165, 1.54) is 23.1 Å². The molecule has 1 aromatic carbocycles. The Labute approximate surface area is 91.4 Å². The van der Waals surface area contributed by atoms with Crippen LogP contribution < -0.4 is 0 Å². The molecule has 1 aromatic rings. The zero-order chi connectivity index (χ0) is 10.8. The summed E-state index contributed by atoms with van der Waals surface area (Å²) in [7, 11) is 0. The smallest absolute Gasteiger partial charge is 0.101 e. The van der Waals surface area contributed by atoms with E-state index in [1.807, 2.05) is 6.07 Å². The van der Waals surface area contributed by atoms with Gasteiger partial charge < -0.3 is 5.11 Å². The van der Waals surface area contributed by atoms with Crippen LogP contribution in [-0.2, 0) is 0 Å². The lowest BCUT2D eigenvalue weighted by molar-refractivity contribution is 0.211. The van der Waals surface area contributed by atoms with E-state index in [9.17, 15) is 5.11 Å². The third-order valence-electron chi connectivity index (χ3n) is 3.24. The van der Waals surface area contributed by atoms with Gasteiger partial charge in [0.25, 0.3) is 0 Å². The monoisotopic (exact) mass is 202 g/mol. The van der Waals surface area contributed by atoms with Gasteiger partial charge in [-0.15, -0.1) is 0 Å². The summed E-state index contributed by atoms with van der Waals surface area (Å²) in [4.78, 5) is 0. The molecule has 1 aliphatic carbocycles. The van der Waals surface area contributed by atoms with Crippen molar-refractivity contribution in [3.05, 3.63) is 46.5 Å². The minimum atomic E-state index is -0.381. The lowest BCUT2D eigenvalue weighted by Gasteiger charge is -2.17. The van der Waals surface area contributed by atoms with Gasteiger partial charge in [0.15, 0.2) is 0 Å². The van der Waals surface area contributed by atoms with Gasteiger partial charge in [-0.1, -0.05) is 24.3 Å². The van der Waals surface area contributed by atoms with E-state index in [-0.39, 0.29) is 6.10 Å². The quantitative estimate of drug-likeness (QED) is 0.728. The fourth-order valence-corrected chi connectivity index (χ4v) is 2.39. The number of hydrogen-bond acceptors (Lipinski definition) is 1. The minimum absolute atomic E-state index is 0.381. The molecule has 0 fully saturated rings. The molecule has 0 aromatic heterocycles. The Morgan fingerprint density at radius 1 is 1.20 bits per heavy atom. The summed E-state index contributed by atoms with van der Waals surface area (Å²) in [6.07, 6.45) is 5.17. The average Bonchev–Trinajstić information content (AvgIpc) is 2.69. The van der Waals surface area contributed by atoms with Crippen LogP contribution in [0.3, 0.4) is 0 Å². The first-order chi connectivity index (χ1) is 7.20. The molecule has 1 nitrogen and oxygen atoms in total. The molecular weight excluding hydrogens is 184 g/mol. The number of rotatable bonds is 2. The van der Waals surface area contributed by atoms with Crippen molar-refractivity contribution in [2.24, 2.45) is 0 Å². The second kappa shape index (κ2) is 4.19. The van der Waals surface area contributed by atoms with Crippen LogP contribution in [0.2, 0.25) is 0 Å². The fourth-order valence-electron chi connectivity index (χ4n) is 2.39. The molecule has 80 valence electrons. The van der Waals surface area contributed by atoms with Gasteiger partial charge >= 0.3 is 0 Å². The molecule has 0 saturated carbocycles. The second-order valence-corrected chi connectivity index (χ2v) is 4.38. The standard InChI is InChI=1S/C14H18O/c1-10-6-5-7-11(2)13(10)14(15)12-8-3-4-9-12/h5-8,14-15H,3-4,9H2,1-2H3. The van der Waals surface area contributed by atoms with Crippen molar-refractivity contribution in [3.8, 4) is 0 Å². The van der Waals surface area contributed by atoms with Gasteiger partial charge in [-0.2, -0.15) is 0 Å². The Kier molecular flexibility index (Phi) is 2.92. The van der Waals surface area contributed by atoms with Crippen molar-refractivity contribution in [1.29, 1.82) is 0 Å². The molecule has 1 heteroatoms. The molecule has 0 heterocycles. The summed E-state index contributed by atoms with van der Waals surface area (Å²) in [5, 5.41) is 10.3. The van der Waals surface area contributed by atoms with Crippen LogP contribution in [0.15, 0.2) is 29.8 Å². The van der Waals surface area contributed by atoms with E-state index in [0.29, 0.717) is 0 Å². The highest BCUT2D eigenvalue weighted by atomic mass is 16.3. The molecule has 1 N–H and O–H groups in total. The third-order valence-corrected chi connectivity index (χ3v) is 3.24. The zero-order valence-corrected chi connectivity index (χ0v) is 9.46. The van der Waals surface area contributed by atoms with Crippen LogP contribution >= 0.6 is 0 Å². The van der Waals surface area contributed by atoms with Crippen LogP contribution in [0.5, 0.6) is 0 Å². The van der Waals surface area contributed by atoms with Crippen molar-refractivity contribution in [2.45, 2.75) is 39.2 Å². The second-order valence-electron chi connectivity index (χ2n) is 4.38. The van der Waals surface area contributed by atoms with E-state index in [1.54, 1.807) is 0 Å². The van der Waals surface area contributed by atoms with Crippen LogP contribution in [0, 0.1) is 13.8 Å². The van der Waals surface area contributed by atoms with Gasteiger partial charge in [-0.25, -0.2) is 0 Å². The van der Waals surface area contributed by atoms with E-state index in [2.05, 4.69) is 32.1 Å². The highest BCUT2D eigenvalue weighted by Gasteiger charge is 2.19. The Balaban J connectivity index is 2.36. The summed E-state index contributed by atoms with van der Waals surface area (Å²) < 4.78 is 0. The largest absolute Gasteiger partial charge is 0.384 e. The maximum absolute atomic E-state index is 10.3. The summed E-state index contributed by atoms with van der Waals surface area (Å²) in [5.41, 5.74) is 4.68. The molecule has 1 unspecified atom stereocenters. The number of aryl methyl sites for hydroxylation is 2. The van der Waals surface area contributed by atoms with Crippen molar-refractivity contribution >= 4 is 0 Å². The van der Waals surface area contributed by atoms with Crippen molar-refractivity contribution in [1.82, 2.24) is 0 Å². The minimum Gasteiger partial charge on any atom is -0.384 e. The molecule has 0 spiro atoms. The van der Waals surface area contributed by atoms with Crippen molar-refractivity contribution < 1.29 is 5.11 Å². The number of hydrogen-bond donors (Lipinski definition) is 1. The van der Waals surface area contributed by atoms with Gasteiger partial charge in [0, 0.05) is 0 Å². The molecule has 0 aliphatic heterocycles.